The molecule has 9 heteroatoms. The van der Waals surface area contributed by atoms with Crippen molar-refractivity contribution in [3.8, 4) is 11.1 Å². The largest absolute Gasteiger partial charge is 0.481 e. The molecule has 3 aromatic rings. The van der Waals surface area contributed by atoms with Gasteiger partial charge in [-0.3, -0.25) is 20.0 Å². The van der Waals surface area contributed by atoms with Crippen LogP contribution in [-0.4, -0.2) is 45.9 Å². The predicted octanol–water partition coefficient (Wildman–Crippen LogP) is 3.75. The molecule has 2 aliphatic carbocycles. The van der Waals surface area contributed by atoms with Gasteiger partial charge in [0.05, 0.1) is 6.42 Å². The Kier molecular flexibility index (Phi) is 5.75. The first-order chi connectivity index (χ1) is 16.5. The first-order valence-corrected chi connectivity index (χ1v) is 11.2. The van der Waals surface area contributed by atoms with E-state index in [4.69, 9.17) is 9.84 Å². The number of ether oxygens (including phenoxy) is 1. The normalized spacial score (nSPS) is 15.2. The SMILES string of the molecule is O=C(O)CC(NC(=O)c1cc(NC(=O)OCC2c3ccccc3-c3ccccc32)n[nH]1)C1CC1. The average Bonchev–Trinajstić information content (AvgIpc) is 3.49. The third-order valence-electron chi connectivity index (χ3n) is 6.30. The van der Waals surface area contributed by atoms with Gasteiger partial charge in [0.2, 0.25) is 0 Å². The second kappa shape index (κ2) is 9.01. The molecule has 0 radical (unpaired) electrons. The molecule has 1 saturated carbocycles. The summed E-state index contributed by atoms with van der Waals surface area (Å²) in [6.45, 7) is 0.163. The van der Waals surface area contributed by atoms with E-state index in [9.17, 15) is 14.4 Å². The molecule has 1 aromatic heterocycles. The Morgan fingerprint density at radius 2 is 1.71 bits per heavy atom. The van der Waals surface area contributed by atoms with E-state index < -0.39 is 24.0 Å². The molecule has 1 heterocycles. The van der Waals surface area contributed by atoms with Crippen molar-refractivity contribution in [2.45, 2.75) is 31.2 Å². The fourth-order valence-corrected chi connectivity index (χ4v) is 4.51. The van der Waals surface area contributed by atoms with Gasteiger partial charge < -0.3 is 15.2 Å². The molecule has 1 fully saturated rings. The van der Waals surface area contributed by atoms with Gasteiger partial charge in [-0.25, -0.2) is 4.79 Å². The van der Waals surface area contributed by atoms with Gasteiger partial charge in [0.1, 0.15) is 12.3 Å². The minimum Gasteiger partial charge on any atom is -0.481 e. The highest BCUT2D eigenvalue weighted by atomic mass is 16.5. The van der Waals surface area contributed by atoms with Crippen LogP contribution in [0.5, 0.6) is 0 Å². The van der Waals surface area contributed by atoms with Crippen molar-refractivity contribution < 1.29 is 24.2 Å². The Bertz CT molecular complexity index is 1200. The second-order valence-corrected chi connectivity index (χ2v) is 8.63. The fourth-order valence-electron chi connectivity index (χ4n) is 4.51. The third kappa shape index (κ3) is 4.50. The van der Waals surface area contributed by atoms with Crippen molar-refractivity contribution in [2.24, 2.45) is 5.92 Å². The van der Waals surface area contributed by atoms with E-state index in [2.05, 4.69) is 33.0 Å². The van der Waals surface area contributed by atoms with Gasteiger partial charge >= 0.3 is 12.1 Å². The molecular weight excluding hydrogens is 436 g/mol. The number of carbonyl (C=O) groups is 3. The Labute approximate surface area is 195 Å². The number of rotatable bonds is 8. The first-order valence-electron chi connectivity index (χ1n) is 11.2. The summed E-state index contributed by atoms with van der Waals surface area (Å²) < 4.78 is 5.49. The topological polar surface area (TPSA) is 133 Å². The monoisotopic (exact) mass is 460 g/mol. The van der Waals surface area contributed by atoms with Crippen LogP contribution in [0.25, 0.3) is 11.1 Å². The summed E-state index contributed by atoms with van der Waals surface area (Å²) in [4.78, 5) is 35.9. The van der Waals surface area contributed by atoms with E-state index in [-0.39, 0.29) is 36.4 Å². The number of aromatic amines is 1. The summed E-state index contributed by atoms with van der Waals surface area (Å²) in [7, 11) is 0. The highest BCUT2D eigenvalue weighted by molar-refractivity contribution is 5.94. The molecule has 1 unspecified atom stereocenters. The highest BCUT2D eigenvalue weighted by Gasteiger charge is 2.34. The number of aromatic nitrogens is 2. The third-order valence-corrected chi connectivity index (χ3v) is 6.30. The van der Waals surface area contributed by atoms with Crippen molar-refractivity contribution in [1.82, 2.24) is 15.5 Å². The van der Waals surface area contributed by atoms with Gasteiger partial charge in [0.15, 0.2) is 5.82 Å². The number of fused-ring (bicyclic) bond motifs is 3. The number of benzene rings is 2. The Balaban J connectivity index is 1.19. The van der Waals surface area contributed by atoms with Gasteiger partial charge in [-0.2, -0.15) is 5.10 Å². The summed E-state index contributed by atoms with van der Waals surface area (Å²) >= 11 is 0. The van der Waals surface area contributed by atoms with Crippen molar-refractivity contribution in [3.63, 3.8) is 0 Å². The van der Waals surface area contributed by atoms with Crippen LogP contribution in [0.2, 0.25) is 0 Å². The average molecular weight is 460 g/mol. The lowest BCUT2D eigenvalue weighted by atomic mass is 9.98. The van der Waals surface area contributed by atoms with E-state index in [0.29, 0.717) is 0 Å². The minimum atomic E-state index is -0.959. The molecular formula is C25H24N4O5. The Morgan fingerprint density at radius 1 is 1.06 bits per heavy atom. The van der Waals surface area contributed by atoms with Gasteiger partial charge in [0, 0.05) is 18.0 Å². The van der Waals surface area contributed by atoms with E-state index in [1.807, 2.05) is 36.4 Å². The number of carboxylic acid groups (broad SMARTS) is 1. The zero-order valence-electron chi connectivity index (χ0n) is 18.3. The molecule has 1 atom stereocenters. The minimum absolute atomic E-state index is 0.0627. The second-order valence-electron chi connectivity index (χ2n) is 8.63. The molecule has 2 aliphatic rings. The molecule has 4 N–H and O–H groups in total. The predicted molar refractivity (Wildman–Crippen MR) is 124 cm³/mol. The number of carboxylic acids is 1. The number of carbonyl (C=O) groups excluding carboxylic acids is 2. The van der Waals surface area contributed by atoms with Crippen LogP contribution in [0.1, 0.15) is 46.8 Å². The Hall–Kier alpha value is -4.14. The van der Waals surface area contributed by atoms with Crippen LogP contribution in [0.15, 0.2) is 54.6 Å². The number of hydrogen-bond donors (Lipinski definition) is 4. The maximum Gasteiger partial charge on any atom is 0.412 e. The standard InChI is InChI=1S/C25H24N4O5/c30-23(31)12-20(14-9-10-14)26-24(32)21-11-22(29-28-21)27-25(33)34-13-19-17-7-3-1-5-15(17)16-6-2-4-8-18(16)19/h1-8,11,14,19-20H,9-10,12-13H2,(H,26,32)(H,30,31)(H2,27,28,29,33). The van der Waals surface area contributed by atoms with Crippen molar-refractivity contribution in [2.75, 3.05) is 11.9 Å². The molecule has 174 valence electrons. The molecule has 9 nitrogen and oxygen atoms in total. The highest BCUT2D eigenvalue weighted by Crippen LogP contribution is 2.44. The van der Waals surface area contributed by atoms with E-state index in [1.165, 1.54) is 6.07 Å². The lowest BCUT2D eigenvalue weighted by Crippen LogP contribution is -2.38. The summed E-state index contributed by atoms with van der Waals surface area (Å²) in [5.41, 5.74) is 4.64. The lowest BCUT2D eigenvalue weighted by Gasteiger charge is -2.15. The number of nitrogens with one attached hydrogen (secondary N) is 3. The molecule has 0 bridgehead atoms. The zero-order valence-corrected chi connectivity index (χ0v) is 18.3. The number of hydrogen-bond acceptors (Lipinski definition) is 5. The van der Waals surface area contributed by atoms with Crippen LogP contribution in [0.4, 0.5) is 10.6 Å². The summed E-state index contributed by atoms with van der Waals surface area (Å²) in [6, 6.07) is 17.1. The van der Waals surface area contributed by atoms with Crippen LogP contribution in [-0.2, 0) is 9.53 Å². The molecule has 2 amide bonds. The van der Waals surface area contributed by atoms with Gasteiger partial charge in [0.25, 0.3) is 5.91 Å². The number of aliphatic carboxylic acids is 1. The van der Waals surface area contributed by atoms with Crippen LogP contribution < -0.4 is 10.6 Å². The van der Waals surface area contributed by atoms with Crippen LogP contribution >= 0.6 is 0 Å². The van der Waals surface area contributed by atoms with Gasteiger partial charge in [-0.1, -0.05) is 48.5 Å². The maximum absolute atomic E-state index is 12.5. The van der Waals surface area contributed by atoms with Crippen molar-refractivity contribution in [3.05, 3.63) is 71.4 Å². The van der Waals surface area contributed by atoms with Gasteiger partial charge in [-0.05, 0) is 41.0 Å². The van der Waals surface area contributed by atoms with E-state index >= 15 is 0 Å². The summed E-state index contributed by atoms with van der Waals surface area (Å²) in [6.07, 6.45) is 0.989. The molecule has 2 aromatic carbocycles. The Morgan fingerprint density at radius 3 is 2.32 bits per heavy atom. The summed E-state index contributed by atoms with van der Waals surface area (Å²) in [5, 5.41) is 20.8. The van der Waals surface area contributed by atoms with E-state index in [0.717, 1.165) is 35.1 Å². The lowest BCUT2D eigenvalue weighted by molar-refractivity contribution is -0.137. The zero-order chi connectivity index (χ0) is 23.7. The fraction of sp³-hybridized carbons (Fsp3) is 0.280. The number of amides is 2. The van der Waals surface area contributed by atoms with E-state index in [1.54, 1.807) is 0 Å². The molecule has 0 saturated heterocycles. The van der Waals surface area contributed by atoms with Crippen LogP contribution in [0.3, 0.4) is 0 Å². The van der Waals surface area contributed by atoms with Crippen molar-refractivity contribution >= 4 is 23.8 Å². The molecule has 0 aliphatic heterocycles. The maximum atomic E-state index is 12.5. The van der Waals surface area contributed by atoms with Crippen LogP contribution in [0, 0.1) is 5.92 Å². The van der Waals surface area contributed by atoms with Crippen molar-refractivity contribution in [1.29, 1.82) is 0 Å². The molecule has 0 spiro atoms. The smallest absolute Gasteiger partial charge is 0.412 e. The molecule has 34 heavy (non-hydrogen) atoms. The number of H-pyrrole nitrogens is 1. The van der Waals surface area contributed by atoms with Gasteiger partial charge in [-0.15, -0.1) is 0 Å². The number of nitrogens with zero attached hydrogens (tertiary/aromatic N) is 1. The number of anilines is 1. The quantitative estimate of drug-likeness (QED) is 0.405. The summed E-state index contributed by atoms with van der Waals surface area (Å²) in [5.74, 6) is -1.16. The first kappa shape index (κ1) is 21.7. The molecule has 5 rings (SSSR count).